The van der Waals surface area contributed by atoms with E-state index in [-0.39, 0.29) is 36.6 Å². The maximum Gasteiger partial charge on any atom is 0.334 e. The van der Waals surface area contributed by atoms with Crippen molar-refractivity contribution in [1.29, 1.82) is 0 Å². The van der Waals surface area contributed by atoms with Crippen LogP contribution in [0.25, 0.3) is 0 Å². The third kappa shape index (κ3) is 3.26. The Bertz CT molecular complexity index is 330. The van der Waals surface area contributed by atoms with E-state index in [0.29, 0.717) is 0 Å². The van der Waals surface area contributed by atoms with Crippen LogP contribution in [0.1, 0.15) is 26.7 Å². The van der Waals surface area contributed by atoms with Gasteiger partial charge in [0.1, 0.15) is 0 Å². The number of carboxylic acid groups (broad SMARTS) is 1. The van der Waals surface area contributed by atoms with Crippen LogP contribution in [0.15, 0.2) is 0 Å². The van der Waals surface area contributed by atoms with Gasteiger partial charge in [0.15, 0.2) is 6.10 Å². The molecular formula is C11H17NO5. The van der Waals surface area contributed by atoms with E-state index >= 15 is 0 Å². The quantitative estimate of drug-likeness (QED) is 0.716. The summed E-state index contributed by atoms with van der Waals surface area (Å²) < 4.78 is 4.72. The summed E-state index contributed by atoms with van der Waals surface area (Å²) >= 11 is 0. The Morgan fingerprint density at radius 3 is 2.24 bits per heavy atom. The van der Waals surface area contributed by atoms with E-state index in [1.807, 2.05) is 13.8 Å². The van der Waals surface area contributed by atoms with Crippen molar-refractivity contribution in [1.82, 2.24) is 4.90 Å². The molecule has 96 valence electrons. The van der Waals surface area contributed by atoms with E-state index in [1.165, 1.54) is 7.11 Å². The van der Waals surface area contributed by atoms with Crippen LogP contribution in [-0.4, -0.2) is 47.5 Å². The van der Waals surface area contributed by atoms with Crippen molar-refractivity contribution in [3.8, 4) is 0 Å². The zero-order valence-corrected chi connectivity index (χ0v) is 10.2. The Kier molecular flexibility index (Phi) is 3.87. The van der Waals surface area contributed by atoms with Crippen molar-refractivity contribution in [3.05, 3.63) is 0 Å². The van der Waals surface area contributed by atoms with Gasteiger partial charge in [0.05, 0.1) is 6.54 Å². The average molecular weight is 243 g/mol. The first-order chi connectivity index (χ1) is 7.76. The fraction of sp³-hybridized carbons (Fsp3) is 0.727. The van der Waals surface area contributed by atoms with Gasteiger partial charge < -0.3 is 9.84 Å². The molecule has 0 aromatic carbocycles. The van der Waals surface area contributed by atoms with Gasteiger partial charge in [0.25, 0.3) is 0 Å². The summed E-state index contributed by atoms with van der Waals surface area (Å²) in [6.45, 7) is 3.45. The number of hydrogen-bond acceptors (Lipinski definition) is 4. The molecule has 6 heteroatoms. The van der Waals surface area contributed by atoms with Crippen LogP contribution in [-0.2, 0) is 19.1 Å². The molecule has 0 saturated carbocycles. The number of hydrogen-bond donors (Lipinski definition) is 1. The standard InChI is InChI=1S/C11H17NO5/c1-11(2)4-8(13)12(9(14)5-11)6-7(17-3)10(15)16/h7H,4-6H2,1-3H3,(H,15,16). The molecule has 1 heterocycles. The van der Waals surface area contributed by atoms with Crippen LogP contribution < -0.4 is 0 Å². The number of methoxy groups -OCH3 is 1. The second kappa shape index (κ2) is 4.83. The van der Waals surface area contributed by atoms with Gasteiger partial charge in [-0.15, -0.1) is 0 Å². The third-order valence-electron chi connectivity index (χ3n) is 2.77. The van der Waals surface area contributed by atoms with Crippen LogP contribution in [0.3, 0.4) is 0 Å². The normalized spacial score (nSPS) is 21.5. The van der Waals surface area contributed by atoms with Crippen molar-refractivity contribution >= 4 is 17.8 Å². The SMILES string of the molecule is COC(CN1C(=O)CC(C)(C)CC1=O)C(=O)O. The number of likely N-dealkylation sites (tertiary alicyclic amines) is 1. The number of piperidine rings is 1. The van der Waals surface area contributed by atoms with E-state index in [4.69, 9.17) is 9.84 Å². The van der Waals surface area contributed by atoms with E-state index in [0.717, 1.165) is 4.90 Å². The minimum atomic E-state index is -1.18. The number of rotatable bonds is 4. The lowest BCUT2D eigenvalue weighted by atomic mass is 9.81. The summed E-state index contributed by atoms with van der Waals surface area (Å²) in [4.78, 5) is 35.3. The number of aliphatic carboxylic acids is 1. The van der Waals surface area contributed by atoms with Gasteiger partial charge in [-0.3, -0.25) is 14.5 Å². The number of carbonyl (C=O) groups is 3. The third-order valence-corrected chi connectivity index (χ3v) is 2.77. The van der Waals surface area contributed by atoms with Crippen molar-refractivity contribution in [2.45, 2.75) is 32.8 Å². The summed E-state index contributed by atoms with van der Waals surface area (Å²) in [6.07, 6.45) is -0.673. The zero-order valence-electron chi connectivity index (χ0n) is 10.2. The van der Waals surface area contributed by atoms with Crippen molar-refractivity contribution < 1.29 is 24.2 Å². The molecule has 1 fully saturated rings. The number of imide groups is 1. The average Bonchev–Trinajstić information content (AvgIpc) is 2.14. The van der Waals surface area contributed by atoms with Crippen LogP contribution in [0, 0.1) is 5.41 Å². The highest BCUT2D eigenvalue weighted by molar-refractivity contribution is 5.98. The molecule has 1 atom stereocenters. The zero-order chi connectivity index (χ0) is 13.2. The number of ether oxygens (including phenoxy) is 1. The fourth-order valence-electron chi connectivity index (χ4n) is 1.83. The van der Waals surface area contributed by atoms with Crippen molar-refractivity contribution in [2.24, 2.45) is 5.41 Å². The smallest absolute Gasteiger partial charge is 0.334 e. The van der Waals surface area contributed by atoms with Crippen LogP contribution >= 0.6 is 0 Å². The molecule has 2 amide bonds. The summed E-state index contributed by atoms with van der Waals surface area (Å²) in [5, 5.41) is 8.80. The molecule has 1 saturated heterocycles. The Morgan fingerprint density at radius 2 is 1.88 bits per heavy atom. The largest absolute Gasteiger partial charge is 0.479 e. The molecule has 1 N–H and O–H groups in total. The number of nitrogens with zero attached hydrogens (tertiary/aromatic N) is 1. The minimum Gasteiger partial charge on any atom is -0.479 e. The van der Waals surface area contributed by atoms with Gasteiger partial charge in [-0.1, -0.05) is 13.8 Å². The Hall–Kier alpha value is -1.43. The highest BCUT2D eigenvalue weighted by Gasteiger charge is 2.39. The topological polar surface area (TPSA) is 83.9 Å². The van der Waals surface area contributed by atoms with Gasteiger partial charge in [-0.2, -0.15) is 0 Å². The highest BCUT2D eigenvalue weighted by atomic mass is 16.5. The fourth-order valence-corrected chi connectivity index (χ4v) is 1.83. The molecule has 1 aliphatic heterocycles. The maximum atomic E-state index is 11.8. The molecule has 0 spiro atoms. The summed E-state index contributed by atoms with van der Waals surface area (Å²) in [5.41, 5.74) is -0.351. The summed E-state index contributed by atoms with van der Waals surface area (Å²) in [6, 6.07) is 0. The van der Waals surface area contributed by atoms with E-state index < -0.39 is 12.1 Å². The first-order valence-corrected chi connectivity index (χ1v) is 5.35. The van der Waals surface area contributed by atoms with Crippen molar-refractivity contribution in [2.75, 3.05) is 13.7 Å². The predicted octanol–water partition coefficient (Wildman–Crippen LogP) is 0.261. The molecule has 0 aromatic rings. The lowest BCUT2D eigenvalue weighted by Crippen LogP contribution is -2.50. The summed E-state index contributed by atoms with van der Waals surface area (Å²) in [5.74, 6) is -1.86. The lowest BCUT2D eigenvalue weighted by Gasteiger charge is -2.35. The molecule has 1 unspecified atom stereocenters. The monoisotopic (exact) mass is 243 g/mol. The molecular weight excluding hydrogens is 226 g/mol. The van der Waals surface area contributed by atoms with Gasteiger partial charge >= 0.3 is 5.97 Å². The Labute approximate surface area is 99.5 Å². The minimum absolute atomic E-state index is 0.223. The maximum absolute atomic E-state index is 11.8. The molecule has 1 aliphatic rings. The van der Waals surface area contributed by atoms with Gasteiger partial charge in [0.2, 0.25) is 11.8 Å². The van der Waals surface area contributed by atoms with E-state index in [1.54, 1.807) is 0 Å². The Morgan fingerprint density at radius 1 is 1.41 bits per heavy atom. The summed E-state index contributed by atoms with van der Waals surface area (Å²) in [7, 11) is 1.24. The molecule has 0 radical (unpaired) electrons. The Balaban J connectivity index is 2.75. The number of carboxylic acids is 1. The first kappa shape index (κ1) is 13.6. The van der Waals surface area contributed by atoms with Crippen LogP contribution in [0.2, 0.25) is 0 Å². The van der Waals surface area contributed by atoms with Gasteiger partial charge in [0, 0.05) is 20.0 Å². The number of amides is 2. The first-order valence-electron chi connectivity index (χ1n) is 5.35. The van der Waals surface area contributed by atoms with Gasteiger partial charge in [-0.25, -0.2) is 4.79 Å². The van der Waals surface area contributed by atoms with Crippen LogP contribution in [0.4, 0.5) is 0 Å². The highest BCUT2D eigenvalue weighted by Crippen LogP contribution is 2.31. The lowest BCUT2D eigenvalue weighted by molar-refractivity contribution is -0.158. The predicted molar refractivity (Wildman–Crippen MR) is 58.2 cm³/mol. The molecule has 17 heavy (non-hydrogen) atoms. The van der Waals surface area contributed by atoms with Crippen molar-refractivity contribution in [3.63, 3.8) is 0 Å². The molecule has 0 bridgehead atoms. The molecule has 0 aliphatic carbocycles. The second-order valence-electron chi connectivity index (χ2n) is 4.98. The number of carbonyl (C=O) groups excluding carboxylic acids is 2. The molecule has 6 nitrogen and oxygen atoms in total. The molecule has 1 rings (SSSR count). The second-order valence-corrected chi connectivity index (χ2v) is 4.98. The van der Waals surface area contributed by atoms with E-state index in [2.05, 4.69) is 0 Å². The van der Waals surface area contributed by atoms with E-state index in [9.17, 15) is 14.4 Å². The van der Waals surface area contributed by atoms with Gasteiger partial charge in [-0.05, 0) is 5.41 Å². The van der Waals surface area contributed by atoms with Crippen LogP contribution in [0.5, 0.6) is 0 Å². The molecule has 0 aromatic heterocycles.